The normalized spacial score (nSPS) is 19.1. The number of aryl methyl sites for hydroxylation is 1. The molecular formula is C31H29FN2O4. The van der Waals surface area contributed by atoms with Crippen molar-refractivity contribution in [1.82, 2.24) is 0 Å². The number of hydrogen-bond acceptors (Lipinski definition) is 5. The van der Waals surface area contributed by atoms with Crippen molar-refractivity contribution >= 4 is 17.6 Å². The fraction of sp³-hybridized carbons (Fsp3) is 0.323. The molecule has 3 aromatic carbocycles. The number of carbonyl (C=O) groups is 2. The van der Waals surface area contributed by atoms with Gasteiger partial charge in [0.15, 0.2) is 0 Å². The highest BCUT2D eigenvalue weighted by Crippen LogP contribution is 2.61. The zero-order chi connectivity index (χ0) is 26.7. The van der Waals surface area contributed by atoms with Gasteiger partial charge in [-0.25, -0.2) is 4.39 Å². The quantitative estimate of drug-likeness (QED) is 0.378. The van der Waals surface area contributed by atoms with Crippen molar-refractivity contribution in [3.05, 3.63) is 83.2 Å². The van der Waals surface area contributed by atoms with Gasteiger partial charge in [-0.1, -0.05) is 24.3 Å². The van der Waals surface area contributed by atoms with Crippen LogP contribution >= 0.6 is 0 Å². The average molecular weight is 513 g/mol. The number of rotatable bonds is 8. The van der Waals surface area contributed by atoms with Crippen LogP contribution in [0.25, 0.3) is 11.1 Å². The van der Waals surface area contributed by atoms with Crippen LogP contribution in [0.5, 0.6) is 5.75 Å². The van der Waals surface area contributed by atoms with Crippen LogP contribution in [0.1, 0.15) is 49.3 Å². The SMILES string of the molecule is CCOC(=O)CCCc1ccc(C#N)cc1NC(=O)C1CC12CCOc1ccc(-c3ccc(F)cc3)cc12. The molecule has 0 saturated heterocycles. The summed E-state index contributed by atoms with van der Waals surface area (Å²) in [5.74, 6) is -0.0712. The van der Waals surface area contributed by atoms with Crippen LogP contribution in [0.2, 0.25) is 0 Å². The van der Waals surface area contributed by atoms with E-state index in [9.17, 15) is 19.2 Å². The number of fused-ring (bicyclic) bond motifs is 2. The fourth-order valence-electron chi connectivity index (χ4n) is 5.42. The molecule has 3 aromatic rings. The minimum absolute atomic E-state index is 0.0910. The van der Waals surface area contributed by atoms with Crippen LogP contribution in [-0.2, 0) is 26.2 Å². The van der Waals surface area contributed by atoms with Crippen molar-refractivity contribution < 1.29 is 23.5 Å². The summed E-state index contributed by atoms with van der Waals surface area (Å²) in [5, 5.41) is 12.5. The highest BCUT2D eigenvalue weighted by atomic mass is 19.1. The minimum atomic E-state index is -0.315. The fourth-order valence-corrected chi connectivity index (χ4v) is 5.42. The molecule has 1 spiro atoms. The van der Waals surface area contributed by atoms with Crippen LogP contribution in [0, 0.1) is 23.1 Å². The van der Waals surface area contributed by atoms with Gasteiger partial charge in [-0.3, -0.25) is 9.59 Å². The number of halogens is 1. The maximum atomic E-state index is 13.5. The van der Waals surface area contributed by atoms with Crippen molar-refractivity contribution in [3.8, 4) is 22.9 Å². The average Bonchev–Trinajstić information content (AvgIpc) is 3.64. The minimum Gasteiger partial charge on any atom is -0.493 e. The Labute approximate surface area is 221 Å². The second-order valence-electron chi connectivity index (χ2n) is 9.86. The topological polar surface area (TPSA) is 88.4 Å². The van der Waals surface area contributed by atoms with Crippen LogP contribution in [0.3, 0.4) is 0 Å². The first-order chi connectivity index (χ1) is 18.4. The molecule has 7 heteroatoms. The van der Waals surface area contributed by atoms with Crippen molar-refractivity contribution in [2.24, 2.45) is 5.92 Å². The largest absolute Gasteiger partial charge is 0.493 e. The van der Waals surface area contributed by atoms with Gasteiger partial charge in [0.2, 0.25) is 5.91 Å². The second-order valence-corrected chi connectivity index (χ2v) is 9.86. The van der Waals surface area contributed by atoms with Crippen LogP contribution in [-0.4, -0.2) is 25.1 Å². The number of carbonyl (C=O) groups excluding carboxylic acids is 2. The van der Waals surface area contributed by atoms with E-state index in [2.05, 4.69) is 17.5 Å². The Morgan fingerprint density at radius 2 is 1.92 bits per heavy atom. The maximum Gasteiger partial charge on any atom is 0.305 e. The van der Waals surface area contributed by atoms with E-state index in [1.54, 1.807) is 31.2 Å². The molecule has 5 rings (SSSR count). The molecule has 1 heterocycles. The van der Waals surface area contributed by atoms with Gasteiger partial charge in [0, 0.05) is 29.0 Å². The summed E-state index contributed by atoms with van der Waals surface area (Å²) < 4.78 is 24.4. The van der Waals surface area contributed by atoms with E-state index in [1.165, 1.54) is 12.1 Å². The molecule has 1 amide bonds. The van der Waals surface area contributed by atoms with Gasteiger partial charge < -0.3 is 14.8 Å². The lowest BCUT2D eigenvalue weighted by Gasteiger charge is -2.27. The summed E-state index contributed by atoms with van der Waals surface area (Å²) in [6.07, 6.45) is 2.89. The third-order valence-electron chi connectivity index (χ3n) is 7.52. The monoisotopic (exact) mass is 512 g/mol. The first-order valence-corrected chi connectivity index (χ1v) is 13.0. The van der Waals surface area contributed by atoms with E-state index >= 15 is 0 Å². The molecule has 1 saturated carbocycles. The number of nitrogens with one attached hydrogen (secondary N) is 1. The number of hydrogen-bond donors (Lipinski definition) is 1. The molecule has 1 N–H and O–H groups in total. The summed E-state index contributed by atoms with van der Waals surface area (Å²) in [5.41, 5.74) is 4.48. The van der Waals surface area contributed by atoms with E-state index in [0.29, 0.717) is 50.1 Å². The lowest BCUT2D eigenvalue weighted by atomic mass is 9.85. The van der Waals surface area contributed by atoms with Crippen LogP contribution in [0.15, 0.2) is 60.7 Å². The van der Waals surface area contributed by atoms with E-state index < -0.39 is 0 Å². The van der Waals surface area contributed by atoms with E-state index in [4.69, 9.17) is 9.47 Å². The van der Waals surface area contributed by atoms with Crippen molar-refractivity contribution in [2.45, 2.75) is 44.4 Å². The third-order valence-corrected chi connectivity index (χ3v) is 7.52. The highest BCUT2D eigenvalue weighted by Gasteiger charge is 2.61. The Bertz CT molecular complexity index is 1410. The van der Waals surface area contributed by atoms with Gasteiger partial charge in [-0.15, -0.1) is 0 Å². The predicted molar refractivity (Wildman–Crippen MR) is 141 cm³/mol. The van der Waals surface area contributed by atoms with Crippen LogP contribution in [0.4, 0.5) is 10.1 Å². The number of benzene rings is 3. The molecule has 2 aliphatic rings. The number of nitriles is 1. The van der Waals surface area contributed by atoms with Gasteiger partial charge in [0.25, 0.3) is 0 Å². The highest BCUT2D eigenvalue weighted by molar-refractivity contribution is 5.97. The Morgan fingerprint density at radius 3 is 2.68 bits per heavy atom. The van der Waals surface area contributed by atoms with Crippen molar-refractivity contribution in [3.63, 3.8) is 0 Å². The molecule has 0 bridgehead atoms. The van der Waals surface area contributed by atoms with Gasteiger partial charge in [-0.2, -0.15) is 5.26 Å². The van der Waals surface area contributed by atoms with E-state index in [0.717, 1.165) is 34.4 Å². The van der Waals surface area contributed by atoms with E-state index in [-0.39, 0.29) is 29.0 Å². The number of esters is 1. The van der Waals surface area contributed by atoms with Gasteiger partial charge in [-0.05, 0) is 85.7 Å². The number of amides is 1. The summed E-state index contributed by atoms with van der Waals surface area (Å²) in [4.78, 5) is 25.3. The van der Waals surface area contributed by atoms with Gasteiger partial charge in [0.1, 0.15) is 11.6 Å². The van der Waals surface area contributed by atoms with Gasteiger partial charge >= 0.3 is 5.97 Å². The molecule has 0 aromatic heterocycles. The first kappa shape index (κ1) is 25.5. The summed E-state index contributed by atoms with van der Waals surface area (Å²) in [6, 6.07) is 19.7. The zero-order valence-electron chi connectivity index (χ0n) is 21.3. The molecule has 2 unspecified atom stereocenters. The predicted octanol–water partition coefficient (Wildman–Crippen LogP) is 5.93. The molecule has 1 aliphatic carbocycles. The molecule has 0 radical (unpaired) electrons. The molecule has 1 fully saturated rings. The molecule has 6 nitrogen and oxygen atoms in total. The van der Waals surface area contributed by atoms with Gasteiger partial charge in [0.05, 0.1) is 24.8 Å². The lowest BCUT2D eigenvalue weighted by molar-refractivity contribution is -0.143. The number of anilines is 1. The smallest absolute Gasteiger partial charge is 0.305 e. The van der Waals surface area contributed by atoms with Crippen LogP contribution < -0.4 is 10.1 Å². The molecule has 2 atom stereocenters. The number of ether oxygens (including phenoxy) is 2. The summed E-state index contributed by atoms with van der Waals surface area (Å²) in [7, 11) is 0. The Hall–Kier alpha value is -4.18. The molecule has 38 heavy (non-hydrogen) atoms. The number of nitrogens with zero attached hydrogens (tertiary/aromatic N) is 1. The third kappa shape index (κ3) is 5.12. The standard InChI is InChI=1S/C31H29FN2O4/c1-2-37-29(35)5-3-4-22-7-6-20(19-33)16-27(22)34-30(36)26-18-31(26)14-15-38-28-13-10-23(17-25(28)31)21-8-11-24(32)12-9-21/h6-13,16-17,26H,2-5,14-15,18H2,1H3,(H,34,36). The lowest BCUT2D eigenvalue weighted by Crippen LogP contribution is -2.27. The zero-order valence-corrected chi connectivity index (χ0v) is 21.3. The Balaban J connectivity index is 1.35. The molecule has 1 aliphatic heterocycles. The summed E-state index contributed by atoms with van der Waals surface area (Å²) >= 11 is 0. The van der Waals surface area contributed by atoms with Crippen molar-refractivity contribution in [2.75, 3.05) is 18.5 Å². The van der Waals surface area contributed by atoms with Crippen molar-refractivity contribution in [1.29, 1.82) is 5.26 Å². The second kappa shape index (κ2) is 10.7. The Kier molecular flexibility index (Phi) is 7.15. The van der Waals surface area contributed by atoms with E-state index in [1.807, 2.05) is 18.2 Å². The maximum absolute atomic E-state index is 13.5. The molecule has 194 valence electrons. The first-order valence-electron chi connectivity index (χ1n) is 13.0. The molecular weight excluding hydrogens is 483 g/mol. The Morgan fingerprint density at radius 1 is 1.13 bits per heavy atom. The summed E-state index contributed by atoms with van der Waals surface area (Å²) in [6.45, 7) is 2.66.